The standard InChI is InChI=1S/C70H136O17P2/c1-7-10-12-14-16-28-35-42-48-54-69(74)86-65(58-80-67(72)52-46-40-34-17-15-13-11-8-2)60-84-88(76,77)82-56-64(71)57-83-89(78,79)85-61-66(59-81-68(73)53-47-41-37-31-32-38-44-50-62(4)5)87-70(75)55-49-43-36-30-27-25-23-21-19-18-20-22-24-26-29-33-39-45-51-63(6)9-3/h62-66,71H,7-61H2,1-6H3,(H,76,77)(H,78,79)/t63?,64-,65+,66+/m0/s1. The van der Waals surface area contributed by atoms with Gasteiger partial charge in [-0.05, 0) is 37.5 Å². The smallest absolute Gasteiger partial charge is 0.462 e. The normalized spacial score (nSPS) is 14.4. The van der Waals surface area contributed by atoms with E-state index in [-0.39, 0.29) is 25.7 Å². The Morgan fingerprint density at radius 1 is 0.326 bits per heavy atom. The van der Waals surface area contributed by atoms with Gasteiger partial charge >= 0.3 is 39.5 Å². The fraction of sp³-hybridized carbons (Fsp3) is 0.943. The van der Waals surface area contributed by atoms with Gasteiger partial charge in [0.15, 0.2) is 12.2 Å². The van der Waals surface area contributed by atoms with Crippen molar-refractivity contribution in [1.29, 1.82) is 0 Å². The Hall–Kier alpha value is -1.94. The molecule has 0 rings (SSSR count). The molecule has 0 saturated carbocycles. The van der Waals surface area contributed by atoms with Crippen molar-refractivity contribution in [2.45, 2.75) is 374 Å². The molecule has 19 heteroatoms. The first kappa shape index (κ1) is 87.1. The summed E-state index contributed by atoms with van der Waals surface area (Å²) < 4.78 is 68.1. The summed E-state index contributed by atoms with van der Waals surface area (Å²) in [4.78, 5) is 72.3. The molecule has 6 atom stereocenters. The summed E-state index contributed by atoms with van der Waals surface area (Å²) in [7, 11) is -9.89. The van der Waals surface area contributed by atoms with Crippen molar-refractivity contribution in [1.82, 2.24) is 0 Å². The number of aliphatic hydroxyl groups is 1. The van der Waals surface area contributed by atoms with Gasteiger partial charge in [0.25, 0.3) is 0 Å². The maximum absolute atomic E-state index is 13.0. The topological polar surface area (TPSA) is 237 Å². The Bertz CT molecular complexity index is 1740. The fourth-order valence-electron chi connectivity index (χ4n) is 10.6. The Morgan fingerprint density at radius 3 is 0.854 bits per heavy atom. The van der Waals surface area contributed by atoms with Crippen molar-refractivity contribution in [3.8, 4) is 0 Å². The predicted molar refractivity (Wildman–Crippen MR) is 358 cm³/mol. The summed E-state index contributed by atoms with van der Waals surface area (Å²) in [5.41, 5.74) is 0. The van der Waals surface area contributed by atoms with Gasteiger partial charge in [0, 0.05) is 25.7 Å². The average Bonchev–Trinajstić information content (AvgIpc) is 3.68. The van der Waals surface area contributed by atoms with Gasteiger partial charge in [0.1, 0.15) is 19.3 Å². The zero-order valence-electron chi connectivity index (χ0n) is 57.7. The first-order valence-corrected chi connectivity index (χ1v) is 39.5. The van der Waals surface area contributed by atoms with Crippen LogP contribution in [0.4, 0.5) is 0 Å². The van der Waals surface area contributed by atoms with Gasteiger partial charge in [-0.15, -0.1) is 0 Å². The Labute approximate surface area is 543 Å². The Kier molecular flexibility index (Phi) is 60.8. The minimum atomic E-state index is -4.95. The van der Waals surface area contributed by atoms with Crippen LogP contribution >= 0.6 is 15.6 Å². The SMILES string of the molecule is CCCCCCCCCCCC(=O)O[C@H](COC(=O)CCCCCCCCCC)COP(=O)(O)OC[C@H](O)COP(=O)(O)OC[C@@H](COC(=O)CCCCCCCCCC(C)C)OC(=O)CCCCCCCCCCCCCCCCCCCCC(C)CC. The van der Waals surface area contributed by atoms with Gasteiger partial charge in [0.05, 0.1) is 26.4 Å². The van der Waals surface area contributed by atoms with Crippen molar-refractivity contribution >= 4 is 39.5 Å². The highest BCUT2D eigenvalue weighted by Gasteiger charge is 2.30. The van der Waals surface area contributed by atoms with Crippen LogP contribution in [0.15, 0.2) is 0 Å². The van der Waals surface area contributed by atoms with E-state index in [0.29, 0.717) is 31.6 Å². The molecule has 89 heavy (non-hydrogen) atoms. The predicted octanol–water partition coefficient (Wildman–Crippen LogP) is 20.0. The molecule has 0 amide bonds. The summed E-state index contributed by atoms with van der Waals surface area (Å²) in [5, 5.41) is 10.6. The van der Waals surface area contributed by atoms with Crippen molar-refractivity contribution in [3.63, 3.8) is 0 Å². The number of phosphoric ester groups is 2. The molecule has 0 bridgehead atoms. The van der Waals surface area contributed by atoms with Crippen LogP contribution in [-0.4, -0.2) is 96.7 Å². The van der Waals surface area contributed by atoms with E-state index in [1.165, 1.54) is 161 Å². The third-order valence-corrected chi connectivity index (χ3v) is 18.5. The van der Waals surface area contributed by atoms with Gasteiger partial charge in [0.2, 0.25) is 0 Å². The molecule has 3 unspecified atom stereocenters. The van der Waals surface area contributed by atoms with Crippen LogP contribution in [0, 0.1) is 11.8 Å². The number of rotatable bonds is 69. The van der Waals surface area contributed by atoms with E-state index >= 15 is 0 Å². The van der Waals surface area contributed by atoms with Crippen LogP contribution in [0.1, 0.15) is 356 Å². The number of unbranched alkanes of at least 4 members (excludes halogenated alkanes) is 38. The molecule has 17 nitrogen and oxygen atoms in total. The quantitative estimate of drug-likeness (QED) is 0.0222. The number of aliphatic hydroxyl groups excluding tert-OH is 1. The van der Waals surface area contributed by atoms with Gasteiger partial charge in [-0.25, -0.2) is 9.13 Å². The van der Waals surface area contributed by atoms with Crippen molar-refractivity contribution in [2.75, 3.05) is 39.6 Å². The van der Waals surface area contributed by atoms with E-state index in [1.807, 2.05) is 0 Å². The van der Waals surface area contributed by atoms with E-state index in [4.69, 9.17) is 37.0 Å². The minimum Gasteiger partial charge on any atom is -0.462 e. The molecule has 528 valence electrons. The molecular weight excluding hydrogens is 1170 g/mol. The lowest BCUT2D eigenvalue weighted by atomic mass is 9.99. The molecular formula is C70H136O17P2. The molecule has 0 aliphatic heterocycles. The summed E-state index contributed by atoms with van der Waals surface area (Å²) in [5.74, 6) is -0.555. The number of carbonyl (C=O) groups excluding carboxylic acids is 4. The molecule has 0 aliphatic rings. The second-order valence-corrected chi connectivity index (χ2v) is 28.9. The van der Waals surface area contributed by atoms with Crippen molar-refractivity contribution < 1.29 is 80.2 Å². The lowest BCUT2D eigenvalue weighted by molar-refractivity contribution is -0.161. The second kappa shape index (κ2) is 62.2. The maximum Gasteiger partial charge on any atom is 0.472 e. The number of hydrogen-bond donors (Lipinski definition) is 3. The average molecular weight is 1310 g/mol. The molecule has 0 fully saturated rings. The first-order valence-electron chi connectivity index (χ1n) is 36.5. The second-order valence-electron chi connectivity index (χ2n) is 26.0. The van der Waals surface area contributed by atoms with Crippen LogP contribution in [0.25, 0.3) is 0 Å². The van der Waals surface area contributed by atoms with E-state index in [2.05, 4.69) is 41.5 Å². The molecule has 3 N–H and O–H groups in total. The molecule has 0 heterocycles. The highest BCUT2D eigenvalue weighted by Crippen LogP contribution is 2.45. The zero-order valence-corrected chi connectivity index (χ0v) is 59.5. The van der Waals surface area contributed by atoms with E-state index < -0.39 is 97.5 Å². The minimum absolute atomic E-state index is 0.105. The molecule has 0 saturated heterocycles. The van der Waals surface area contributed by atoms with Gasteiger partial charge in [-0.1, -0.05) is 305 Å². The summed E-state index contributed by atoms with van der Waals surface area (Å²) in [6.45, 7) is 9.51. The number of ether oxygens (including phenoxy) is 4. The van der Waals surface area contributed by atoms with E-state index in [0.717, 1.165) is 109 Å². The van der Waals surface area contributed by atoms with Gasteiger partial charge < -0.3 is 33.8 Å². The highest BCUT2D eigenvalue weighted by molar-refractivity contribution is 7.47. The highest BCUT2D eigenvalue weighted by atomic mass is 31.2. The third-order valence-electron chi connectivity index (χ3n) is 16.6. The van der Waals surface area contributed by atoms with Crippen molar-refractivity contribution in [3.05, 3.63) is 0 Å². The van der Waals surface area contributed by atoms with E-state index in [1.54, 1.807) is 0 Å². The first-order chi connectivity index (χ1) is 42.9. The number of carbonyl (C=O) groups is 4. The Morgan fingerprint density at radius 2 is 0.573 bits per heavy atom. The Balaban J connectivity index is 5.10. The third kappa shape index (κ3) is 63.2. The number of esters is 4. The summed E-state index contributed by atoms with van der Waals surface area (Å²) >= 11 is 0. The maximum atomic E-state index is 13.0. The molecule has 0 aromatic heterocycles. The molecule has 0 aromatic rings. The van der Waals surface area contributed by atoms with E-state index in [9.17, 15) is 43.2 Å². The fourth-order valence-corrected chi connectivity index (χ4v) is 12.1. The van der Waals surface area contributed by atoms with Crippen LogP contribution in [0.5, 0.6) is 0 Å². The van der Waals surface area contributed by atoms with Gasteiger partial charge in [-0.3, -0.25) is 37.3 Å². The van der Waals surface area contributed by atoms with Crippen LogP contribution in [0.2, 0.25) is 0 Å². The van der Waals surface area contributed by atoms with Crippen LogP contribution in [0.3, 0.4) is 0 Å². The summed E-state index contributed by atoms with van der Waals surface area (Å²) in [6.07, 6.45) is 47.5. The number of hydrogen-bond acceptors (Lipinski definition) is 15. The lowest BCUT2D eigenvalue weighted by Crippen LogP contribution is -2.30. The molecule has 0 aliphatic carbocycles. The zero-order chi connectivity index (χ0) is 65.7. The van der Waals surface area contributed by atoms with Crippen molar-refractivity contribution in [2.24, 2.45) is 11.8 Å². The molecule has 0 aromatic carbocycles. The number of phosphoric acid groups is 2. The lowest BCUT2D eigenvalue weighted by Gasteiger charge is -2.21. The van der Waals surface area contributed by atoms with Gasteiger partial charge in [-0.2, -0.15) is 0 Å². The summed E-state index contributed by atoms with van der Waals surface area (Å²) in [6, 6.07) is 0. The molecule has 0 spiro atoms. The largest absolute Gasteiger partial charge is 0.472 e. The van der Waals surface area contributed by atoms with Crippen LogP contribution < -0.4 is 0 Å². The monoisotopic (exact) mass is 1310 g/mol. The molecule has 0 radical (unpaired) electrons. The van der Waals surface area contributed by atoms with Crippen LogP contribution in [-0.2, 0) is 65.4 Å².